The van der Waals surface area contributed by atoms with E-state index in [2.05, 4.69) is 27.7 Å². The van der Waals surface area contributed by atoms with Crippen LogP contribution in [0.3, 0.4) is 0 Å². The summed E-state index contributed by atoms with van der Waals surface area (Å²) in [7, 11) is 0. The second kappa shape index (κ2) is 10.3. The van der Waals surface area contributed by atoms with Crippen molar-refractivity contribution in [2.24, 2.45) is 16.7 Å². The van der Waals surface area contributed by atoms with Crippen molar-refractivity contribution in [1.82, 2.24) is 0 Å². The fraction of sp³-hybridized carbons (Fsp3) is 0.955. The van der Waals surface area contributed by atoms with Crippen molar-refractivity contribution in [3.05, 3.63) is 5.92 Å². The predicted octanol–water partition coefficient (Wildman–Crippen LogP) is 7.72. The van der Waals surface area contributed by atoms with Crippen molar-refractivity contribution in [2.75, 3.05) is 0 Å². The Morgan fingerprint density at radius 1 is 0.826 bits per heavy atom. The van der Waals surface area contributed by atoms with Crippen LogP contribution in [0.15, 0.2) is 0 Å². The molecular weight excluding hydrogens is 353 g/mol. The van der Waals surface area contributed by atoms with Crippen molar-refractivity contribution in [1.29, 1.82) is 0 Å². The molecule has 0 heterocycles. The molecule has 3 saturated carbocycles. The summed E-state index contributed by atoms with van der Waals surface area (Å²) in [6, 6.07) is 0. The van der Waals surface area contributed by atoms with E-state index in [1.165, 1.54) is 89.9 Å². The van der Waals surface area contributed by atoms with Crippen LogP contribution in [0, 0.1) is 22.7 Å². The summed E-state index contributed by atoms with van der Waals surface area (Å²) < 4.78 is 0. The summed E-state index contributed by atoms with van der Waals surface area (Å²) in [6.45, 7) is 9.58. The van der Waals surface area contributed by atoms with Gasteiger partial charge in [-0.05, 0) is 42.4 Å². The first-order valence-corrected chi connectivity index (χ1v) is 10.3. The first kappa shape index (κ1) is 22.1. The molecule has 133 valence electrons. The van der Waals surface area contributed by atoms with Crippen molar-refractivity contribution in [3.8, 4) is 0 Å². The van der Waals surface area contributed by atoms with Crippen LogP contribution in [-0.2, 0) is 32.7 Å². The van der Waals surface area contributed by atoms with Gasteiger partial charge in [0.15, 0.2) is 0 Å². The van der Waals surface area contributed by atoms with Gasteiger partial charge in [0, 0.05) is 32.7 Å². The van der Waals surface area contributed by atoms with E-state index in [1.807, 2.05) is 5.92 Å². The minimum absolute atomic E-state index is 0. The summed E-state index contributed by atoms with van der Waals surface area (Å²) in [5.41, 5.74) is 1.48. The van der Waals surface area contributed by atoms with Gasteiger partial charge in [-0.15, -0.1) is 6.42 Å². The molecule has 0 bridgehead atoms. The van der Waals surface area contributed by atoms with Crippen molar-refractivity contribution in [2.45, 2.75) is 118 Å². The predicted molar refractivity (Wildman–Crippen MR) is 98.9 cm³/mol. The average Bonchev–Trinajstić information content (AvgIpc) is 2.45. The standard InChI is InChI=1S/C11H20.C11H21.Y/c1-10(2)8-9-11(10)6-4-3-5-7-11;1-10(2)6-3-4-7-11-8-5-9-11;/h3-9H2,1-2H3;10H,3-9H2,1-2H3;/q;-1;. The third kappa shape index (κ3) is 6.40. The summed E-state index contributed by atoms with van der Waals surface area (Å²) in [4.78, 5) is 0. The van der Waals surface area contributed by atoms with Crippen molar-refractivity contribution in [3.63, 3.8) is 0 Å². The molecule has 0 atom stereocenters. The minimum atomic E-state index is 0. The fourth-order valence-corrected chi connectivity index (χ4v) is 4.74. The average molecular weight is 394 g/mol. The van der Waals surface area contributed by atoms with Crippen LogP contribution < -0.4 is 0 Å². The molecular formula is C22H41Y-. The van der Waals surface area contributed by atoms with Gasteiger partial charge in [0.1, 0.15) is 0 Å². The maximum atomic E-state index is 2.47. The van der Waals surface area contributed by atoms with Gasteiger partial charge in [-0.25, -0.2) is 0 Å². The first-order valence-electron chi connectivity index (χ1n) is 10.3. The largest absolute Gasteiger partial charge is 0.314 e. The number of rotatable bonds is 5. The van der Waals surface area contributed by atoms with Crippen LogP contribution in [0.2, 0.25) is 0 Å². The van der Waals surface area contributed by atoms with Gasteiger partial charge >= 0.3 is 0 Å². The Labute approximate surface area is 172 Å². The molecule has 3 aliphatic carbocycles. The van der Waals surface area contributed by atoms with E-state index in [1.54, 1.807) is 0 Å². The molecule has 0 aromatic heterocycles. The third-order valence-electron chi connectivity index (χ3n) is 7.10. The molecule has 3 rings (SSSR count). The van der Waals surface area contributed by atoms with E-state index in [-0.39, 0.29) is 32.7 Å². The van der Waals surface area contributed by atoms with E-state index in [4.69, 9.17) is 0 Å². The van der Waals surface area contributed by atoms with E-state index in [0.29, 0.717) is 5.41 Å². The van der Waals surface area contributed by atoms with E-state index in [9.17, 15) is 0 Å². The molecule has 0 amide bonds. The van der Waals surface area contributed by atoms with Crippen molar-refractivity contribution >= 4 is 0 Å². The molecule has 1 spiro atoms. The molecule has 0 aromatic rings. The SMILES string of the molecule is CC(C)CCCC[C-]1CCC1.CC1(C)CCC12CCCCC2.[Y]. The third-order valence-corrected chi connectivity index (χ3v) is 7.10. The molecule has 1 radical (unpaired) electrons. The zero-order chi connectivity index (χ0) is 16.1. The molecule has 0 nitrogen and oxygen atoms in total. The van der Waals surface area contributed by atoms with Crippen LogP contribution in [0.25, 0.3) is 0 Å². The Bertz CT molecular complexity index is 308. The van der Waals surface area contributed by atoms with Gasteiger partial charge in [-0.1, -0.05) is 66.2 Å². The Morgan fingerprint density at radius 3 is 1.83 bits per heavy atom. The topological polar surface area (TPSA) is 0 Å². The number of hydrogen-bond acceptors (Lipinski definition) is 0. The zero-order valence-corrected chi connectivity index (χ0v) is 19.4. The molecule has 0 aromatic carbocycles. The summed E-state index contributed by atoms with van der Waals surface area (Å²) >= 11 is 0. The van der Waals surface area contributed by atoms with Gasteiger partial charge in [-0.3, -0.25) is 0 Å². The number of hydrogen-bond donors (Lipinski definition) is 0. The normalized spacial score (nSPS) is 24.9. The number of unbranched alkanes of at least 4 members (excludes halogenated alkanes) is 1. The van der Waals surface area contributed by atoms with Crippen LogP contribution in [0.1, 0.15) is 118 Å². The van der Waals surface area contributed by atoms with Gasteiger partial charge in [0.25, 0.3) is 0 Å². The molecule has 3 aliphatic rings. The van der Waals surface area contributed by atoms with Crippen molar-refractivity contribution < 1.29 is 32.7 Å². The van der Waals surface area contributed by atoms with Gasteiger partial charge in [-0.2, -0.15) is 19.3 Å². The maximum absolute atomic E-state index is 2.47. The zero-order valence-electron chi connectivity index (χ0n) is 16.6. The molecule has 0 saturated heterocycles. The summed E-state index contributed by atoms with van der Waals surface area (Å²) in [6.07, 6.45) is 20.7. The molecule has 0 aliphatic heterocycles. The Hall–Kier alpha value is 1.10. The van der Waals surface area contributed by atoms with Gasteiger partial charge < -0.3 is 5.92 Å². The Morgan fingerprint density at radius 2 is 1.48 bits per heavy atom. The minimum Gasteiger partial charge on any atom is -0.314 e. The quantitative estimate of drug-likeness (QED) is 0.331. The van der Waals surface area contributed by atoms with Crippen LogP contribution in [-0.4, -0.2) is 0 Å². The second-order valence-corrected chi connectivity index (χ2v) is 9.47. The summed E-state index contributed by atoms with van der Waals surface area (Å²) in [5.74, 6) is 2.75. The second-order valence-electron chi connectivity index (χ2n) is 9.47. The fourth-order valence-electron chi connectivity index (χ4n) is 4.74. The van der Waals surface area contributed by atoms with E-state index in [0.717, 1.165) is 11.3 Å². The Balaban J connectivity index is 0.000000220. The van der Waals surface area contributed by atoms with Gasteiger partial charge in [0.2, 0.25) is 0 Å². The van der Waals surface area contributed by atoms with Crippen LogP contribution in [0.5, 0.6) is 0 Å². The molecule has 3 fully saturated rings. The van der Waals surface area contributed by atoms with Crippen LogP contribution >= 0.6 is 0 Å². The molecule has 0 N–H and O–H groups in total. The van der Waals surface area contributed by atoms with E-state index < -0.39 is 0 Å². The molecule has 0 unspecified atom stereocenters. The Kier molecular flexibility index (Phi) is 9.92. The first-order chi connectivity index (χ1) is 10.5. The summed E-state index contributed by atoms with van der Waals surface area (Å²) in [5, 5.41) is 0. The molecule has 1 heteroatoms. The van der Waals surface area contributed by atoms with Crippen LogP contribution in [0.4, 0.5) is 0 Å². The maximum Gasteiger partial charge on any atom is 0 e. The molecule has 23 heavy (non-hydrogen) atoms. The smallest absolute Gasteiger partial charge is 0 e. The monoisotopic (exact) mass is 394 g/mol. The van der Waals surface area contributed by atoms with Gasteiger partial charge in [0.05, 0.1) is 0 Å². The van der Waals surface area contributed by atoms with E-state index >= 15 is 0 Å².